The van der Waals surface area contributed by atoms with Gasteiger partial charge in [-0.3, -0.25) is 34.2 Å². The molecule has 2 N–H and O–H groups in total. The summed E-state index contributed by atoms with van der Waals surface area (Å²) in [6.07, 6.45) is 0. The largest absolute Gasteiger partial charge is 0.355 e. The Kier molecular flexibility index (Phi) is 4.86. The topological polar surface area (TPSA) is 139 Å². The van der Waals surface area contributed by atoms with Crippen molar-refractivity contribution in [3.63, 3.8) is 0 Å². The lowest BCUT2D eigenvalue weighted by Crippen LogP contribution is -2.37. The van der Waals surface area contributed by atoms with Gasteiger partial charge in [0.15, 0.2) is 0 Å². The molecular weight excluding hydrogens is 368 g/mol. The molecule has 1 aliphatic heterocycles. The number of hydrogen-bond donors (Lipinski definition) is 2. The van der Waals surface area contributed by atoms with Crippen LogP contribution >= 0.6 is 0 Å². The van der Waals surface area contributed by atoms with Gasteiger partial charge in [-0.05, 0) is 30.3 Å². The number of nitrogens with one attached hydrogen (secondary N) is 2. The Morgan fingerprint density at radius 3 is 2.36 bits per heavy atom. The molecule has 0 fully saturated rings. The van der Waals surface area contributed by atoms with Gasteiger partial charge >= 0.3 is 0 Å². The molecule has 0 atom stereocenters. The second-order valence-corrected chi connectivity index (χ2v) is 5.86. The zero-order valence-electron chi connectivity index (χ0n) is 14.6. The van der Waals surface area contributed by atoms with Crippen LogP contribution in [0.25, 0.3) is 0 Å². The normalized spacial score (nSPS) is 12.5. The standard InChI is InChI=1S/C18H14N4O6/c1-19-16(24)10-5-7-11(8-6-10)20-14(23)9-21-17(25)12-3-2-4-13(22(27)28)15(12)18(21)26/h2-8H,9H2,1H3,(H,19,24)(H,20,23). The van der Waals surface area contributed by atoms with Crippen molar-refractivity contribution >= 4 is 35.0 Å². The van der Waals surface area contributed by atoms with E-state index in [2.05, 4.69) is 10.6 Å². The minimum Gasteiger partial charge on any atom is -0.355 e. The third kappa shape index (κ3) is 3.30. The Bertz CT molecular complexity index is 1020. The minimum absolute atomic E-state index is 0.109. The third-order valence-corrected chi connectivity index (χ3v) is 4.13. The summed E-state index contributed by atoms with van der Waals surface area (Å²) >= 11 is 0. The number of carbonyl (C=O) groups is 4. The van der Waals surface area contributed by atoms with Crippen molar-refractivity contribution in [3.8, 4) is 0 Å². The number of nitrogens with zero attached hydrogens (tertiary/aromatic N) is 2. The molecule has 0 saturated heterocycles. The molecule has 28 heavy (non-hydrogen) atoms. The lowest BCUT2D eigenvalue weighted by Gasteiger charge is -2.13. The monoisotopic (exact) mass is 382 g/mol. The molecule has 0 saturated carbocycles. The first kappa shape index (κ1) is 18.7. The highest BCUT2D eigenvalue weighted by Crippen LogP contribution is 2.30. The smallest absolute Gasteiger partial charge is 0.282 e. The van der Waals surface area contributed by atoms with Gasteiger partial charge in [0, 0.05) is 24.4 Å². The number of hydrogen-bond acceptors (Lipinski definition) is 6. The first-order valence-corrected chi connectivity index (χ1v) is 8.09. The number of amides is 4. The SMILES string of the molecule is CNC(=O)c1ccc(NC(=O)CN2C(=O)c3cccc([N+](=O)[O-])c3C2=O)cc1. The summed E-state index contributed by atoms with van der Waals surface area (Å²) in [5, 5.41) is 16.1. The van der Waals surface area contributed by atoms with E-state index in [0.29, 0.717) is 16.2 Å². The van der Waals surface area contributed by atoms with Crippen LogP contribution in [0.4, 0.5) is 11.4 Å². The molecule has 10 nitrogen and oxygen atoms in total. The number of benzene rings is 2. The number of carbonyl (C=O) groups excluding carboxylic acids is 4. The Balaban J connectivity index is 1.74. The van der Waals surface area contributed by atoms with E-state index in [1.165, 1.54) is 43.4 Å². The van der Waals surface area contributed by atoms with Gasteiger partial charge in [-0.15, -0.1) is 0 Å². The molecule has 142 valence electrons. The van der Waals surface area contributed by atoms with Crippen molar-refractivity contribution in [2.75, 3.05) is 18.9 Å². The van der Waals surface area contributed by atoms with Crippen molar-refractivity contribution in [3.05, 3.63) is 69.3 Å². The highest BCUT2D eigenvalue weighted by Gasteiger charge is 2.41. The van der Waals surface area contributed by atoms with Crippen LogP contribution in [-0.2, 0) is 4.79 Å². The molecule has 0 aliphatic carbocycles. The third-order valence-electron chi connectivity index (χ3n) is 4.13. The summed E-state index contributed by atoms with van der Waals surface area (Å²) in [6, 6.07) is 9.73. The first-order chi connectivity index (χ1) is 13.3. The van der Waals surface area contributed by atoms with Crippen LogP contribution in [0.1, 0.15) is 31.1 Å². The maximum atomic E-state index is 12.4. The number of imide groups is 1. The van der Waals surface area contributed by atoms with E-state index >= 15 is 0 Å². The van der Waals surface area contributed by atoms with Gasteiger partial charge < -0.3 is 10.6 Å². The van der Waals surface area contributed by atoms with Gasteiger partial charge in [0.1, 0.15) is 12.1 Å². The van der Waals surface area contributed by atoms with Gasteiger partial charge in [0.2, 0.25) is 5.91 Å². The quantitative estimate of drug-likeness (QED) is 0.452. The van der Waals surface area contributed by atoms with Crippen LogP contribution in [-0.4, -0.2) is 47.0 Å². The zero-order valence-corrected chi connectivity index (χ0v) is 14.6. The second kappa shape index (κ2) is 7.27. The highest BCUT2D eigenvalue weighted by atomic mass is 16.6. The summed E-state index contributed by atoms with van der Waals surface area (Å²) in [5.41, 5.74) is -0.154. The number of nitro benzene ring substituents is 1. The molecule has 2 aromatic rings. The van der Waals surface area contributed by atoms with Crippen LogP contribution < -0.4 is 10.6 Å². The van der Waals surface area contributed by atoms with E-state index in [-0.39, 0.29) is 17.0 Å². The Labute approximate surface area is 158 Å². The van der Waals surface area contributed by atoms with E-state index in [9.17, 15) is 29.3 Å². The average Bonchev–Trinajstić information content (AvgIpc) is 2.92. The van der Waals surface area contributed by atoms with E-state index in [1.807, 2.05) is 0 Å². The average molecular weight is 382 g/mol. The number of nitro groups is 1. The van der Waals surface area contributed by atoms with Crippen molar-refractivity contribution in [2.45, 2.75) is 0 Å². The number of anilines is 1. The predicted molar refractivity (Wildman–Crippen MR) is 96.9 cm³/mol. The van der Waals surface area contributed by atoms with E-state index in [0.717, 1.165) is 6.07 Å². The number of fused-ring (bicyclic) bond motifs is 1. The van der Waals surface area contributed by atoms with Crippen LogP contribution in [0.3, 0.4) is 0 Å². The Morgan fingerprint density at radius 2 is 1.75 bits per heavy atom. The summed E-state index contributed by atoms with van der Waals surface area (Å²) in [4.78, 5) is 59.6. The van der Waals surface area contributed by atoms with E-state index in [4.69, 9.17) is 0 Å². The van der Waals surface area contributed by atoms with Gasteiger partial charge in [-0.1, -0.05) is 6.07 Å². The summed E-state index contributed by atoms with van der Waals surface area (Å²) in [6.45, 7) is -0.597. The molecule has 0 unspecified atom stereocenters. The zero-order chi connectivity index (χ0) is 20.4. The van der Waals surface area contributed by atoms with E-state index in [1.54, 1.807) is 0 Å². The van der Waals surface area contributed by atoms with E-state index < -0.39 is 34.9 Å². The lowest BCUT2D eigenvalue weighted by atomic mass is 10.1. The second-order valence-electron chi connectivity index (χ2n) is 5.86. The predicted octanol–water partition coefficient (Wildman–Crippen LogP) is 1.19. The summed E-state index contributed by atoms with van der Waals surface area (Å²) < 4.78 is 0. The maximum absolute atomic E-state index is 12.4. The van der Waals surface area contributed by atoms with Crippen molar-refractivity contribution in [1.29, 1.82) is 0 Å². The summed E-state index contributed by atoms with van der Waals surface area (Å²) in [7, 11) is 1.49. The fourth-order valence-electron chi connectivity index (χ4n) is 2.80. The van der Waals surface area contributed by atoms with Crippen LogP contribution in [0.5, 0.6) is 0 Å². The number of rotatable bonds is 5. The highest BCUT2D eigenvalue weighted by molar-refractivity contribution is 6.24. The molecule has 4 amide bonds. The molecule has 2 aromatic carbocycles. The fourth-order valence-corrected chi connectivity index (χ4v) is 2.80. The molecule has 0 spiro atoms. The van der Waals surface area contributed by atoms with Crippen molar-refractivity contribution in [2.24, 2.45) is 0 Å². The maximum Gasteiger partial charge on any atom is 0.282 e. The molecule has 10 heteroatoms. The van der Waals surface area contributed by atoms with Crippen LogP contribution in [0, 0.1) is 10.1 Å². The van der Waals surface area contributed by atoms with Gasteiger partial charge in [0.05, 0.1) is 10.5 Å². The molecule has 0 aromatic heterocycles. The molecule has 0 bridgehead atoms. The Morgan fingerprint density at radius 1 is 1.07 bits per heavy atom. The fraction of sp³-hybridized carbons (Fsp3) is 0.111. The van der Waals surface area contributed by atoms with Gasteiger partial charge in [-0.25, -0.2) is 0 Å². The first-order valence-electron chi connectivity index (χ1n) is 8.09. The molecule has 1 heterocycles. The van der Waals surface area contributed by atoms with Crippen LogP contribution in [0.15, 0.2) is 42.5 Å². The Hall–Kier alpha value is -4.08. The van der Waals surface area contributed by atoms with Crippen LogP contribution in [0.2, 0.25) is 0 Å². The molecular formula is C18H14N4O6. The van der Waals surface area contributed by atoms with Crippen molar-refractivity contribution < 1.29 is 24.1 Å². The molecule has 3 rings (SSSR count). The summed E-state index contributed by atoms with van der Waals surface area (Å²) in [5.74, 6) is -2.61. The van der Waals surface area contributed by atoms with Gasteiger partial charge in [0.25, 0.3) is 23.4 Å². The lowest BCUT2D eigenvalue weighted by molar-refractivity contribution is -0.385. The molecule has 0 radical (unpaired) electrons. The minimum atomic E-state index is -0.891. The van der Waals surface area contributed by atoms with Gasteiger partial charge in [-0.2, -0.15) is 0 Å². The molecule has 1 aliphatic rings. The van der Waals surface area contributed by atoms with Crippen molar-refractivity contribution in [1.82, 2.24) is 10.2 Å².